The number of aryl methyl sites for hydroxylation is 1. The summed E-state index contributed by atoms with van der Waals surface area (Å²) in [5.41, 5.74) is 2.80. The molecule has 0 bridgehead atoms. The van der Waals surface area contributed by atoms with Crippen molar-refractivity contribution >= 4 is 29.3 Å². The minimum atomic E-state index is -1.40. The molecule has 4 nitrogen and oxygen atoms in total. The highest BCUT2D eigenvalue weighted by Gasteiger charge is 2.29. The predicted molar refractivity (Wildman–Crippen MR) is 66.6 cm³/mol. The number of thioether (sulfide) groups is 1. The maximum atomic E-state index is 11.6. The van der Waals surface area contributed by atoms with Crippen LogP contribution in [-0.2, 0) is 9.59 Å². The van der Waals surface area contributed by atoms with Crippen molar-refractivity contribution in [3.63, 3.8) is 0 Å². The van der Waals surface area contributed by atoms with Gasteiger partial charge in [0.15, 0.2) is 0 Å². The van der Waals surface area contributed by atoms with Crippen LogP contribution >= 0.6 is 11.8 Å². The SMILES string of the molecule is Cc1ccc2c(c1C)N(C(=O)C(=O)O)CCS2. The molecule has 1 aromatic rings. The zero-order valence-corrected chi connectivity index (χ0v) is 10.5. The number of anilines is 1. The molecule has 0 unspecified atom stereocenters. The van der Waals surface area contributed by atoms with Gasteiger partial charge in [0, 0.05) is 17.2 Å². The summed E-state index contributed by atoms with van der Waals surface area (Å²) >= 11 is 1.66. The number of amides is 1. The fraction of sp³-hybridized carbons (Fsp3) is 0.333. The molecule has 0 atom stereocenters. The lowest BCUT2D eigenvalue weighted by Crippen LogP contribution is -2.40. The molecule has 1 N–H and O–H groups in total. The van der Waals surface area contributed by atoms with E-state index in [1.165, 1.54) is 4.90 Å². The normalized spacial score (nSPS) is 14.4. The Balaban J connectivity index is 2.53. The van der Waals surface area contributed by atoms with Crippen LogP contribution in [0, 0.1) is 13.8 Å². The molecule has 0 aromatic heterocycles. The number of hydrogen-bond donors (Lipinski definition) is 1. The zero-order valence-electron chi connectivity index (χ0n) is 9.69. The summed E-state index contributed by atoms with van der Waals surface area (Å²) in [6.45, 7) is 4.33. The summed E-state index contributed by atoms with van der Waals surface area (Å²) in [5.74, 6) is -1.52. The number of rotatable bonds is 0. The third-order valence-corrected chi connectivity index (χ3v) is 3.96. The van der Waals surface area contributed by atoms with Crippen LogP contribution in [0.15, 0.2) is 17.0 Å². The van der Waals surface area contributed by atoms with Crippen molar-refractivity contribution in [2.75, 3.05) is 17.2 Å². The van der Waals surface area contributed by atoms with Gasteiger partial charge < -0.3 is 10.0 Å². The standard InChI is InChI=1S/C12H13NO3S/c1-7-3-4-9-10(8(7)2)13(5-6-17-9)11(14)12(15)16/h3-4H,5-6H2,1-2H3,(H,15,16). The van der Waals surface area contributed by atoms with Gasteiger partial charge in [-0.15, -0.1) is 11.8 Å². The molecule has 1 aliphatic rings. The van der Waals surface area contributed by atoms with E-state index in [-0.39, 0.29) is 0 Å². The Labute approximate surface area is 104 Å². The topological polar surface area (TPSA) is 57.6 Å². The van der Waals surface area contributed by atoms with Crippen molar-refractivity contribution in [3.05, 3.63) is 23.3 Å². The lowest BCUT2D eigenvalue weighted by atomic mass is 10.1. The minimum absolute atomic E-state index is 0.451. The Morgan fingerprint density at radius 2 is 2.06 bits per heavy atom. The van der Waals surface area contributed by atoms with Gasteiger partial charge in [-0.25, -0.2) is 4.79 Å². The van der Waals surface area contributed by atoms with E-state index in [2.05, 4.69) is 0 Å². The van der Waals surface area contributed by atoms with Gasteiger partial charge in [-0.2, -0.15) is 0 Å². The van der Waals surface area contributed by atoms with E-state index in [0.717, 1.165) is 27.5 Å². The number of nitrogens with zero attached hydrogens (tertiary/aromatic N) is 1. The second kappa shape index (κ2) is 4.41. The quantitative estimate of drug-likeness (QED) is 0.715. The number of fused-ring (bicyclic) bond motifs is 1. The first kappa shape index (κ1) is 12.0. The maximum Gasteiger partial charge on any atom is 0.394 e. The lowest BCUT2D eigenvalue weighted by molar-refractivity contribution is -0.148. The average Bonchev–Trinajstić information content (AvgIpc) is 2.32. The van der Waals surface area contributed by atoms with Crippen molar-refractivity contribution < 1.29 is 14.7 Å². The molecule has 0 saturated carbocycles. The first-order valence-corrected chi connectivity index (χ1v) is 6.28. The Hall–Kier alpha value is -1.49. The van der Waals surface area contributed by atoms with Crippen molar-refractivity contribution in [1.29, 1.82) is 0 Å². The minimum Gasteiger partial charge on any atom is -0.474 e. The van der Waals surface area contributed by atoms with Gasteiger partial charge in [-0.1, -0.05) is 6.07 Å². The first-order chi connectivity index (χ1) is 8.02. The summed E-state index contributed by atoms with van der Waals surface area (Å²) in [6.07, 6.45) is 0. The molecule has 1 heterocycles. The van der Waals surface area contributed by atoms with E-state index >= 15 is 0 Å². The van der Waals surface area contributed by atoms with Crippen LogP contribution in [0.5, 0.6) is 0 Å². The van der Waals surface area contributed by atoms with E-state index in [1.54, 1.807) is 11.8 Å². The van der Waals surface area contributed by atoms with E-state index in [9.17, 15) is 9.59 Å². The molecule has 0 aliphatic carbocycles. The van der Waals surface area contributed by atoms with E-state index in [4.69, 9.17) is 5.11 Å². The molecule has 0 fully saturated rings. The number of hydrogen-bond acceptors (Lipinski definition) is 3. The molecule has 5 heteroatoms. The number of benzene rings is 1. The molecule has 90 valence electrons. The molecule has 0 saturated heterocycles. The molecule has 0 spiro atoms. The monoisotopic (exact) mass is 251 g/mol. The van der Waals surface area contributed by atoms with Crippen LogP contribution < -0.4 is 4.90 Å². The number of aliphatic carboxylic acids is 1. The molecule has 0 radical (unpaired) electrons. The molecule has 1 aliphatic heterocycles. The lowest BCUT2D eigenvalue weighted by Gasteiger charge is -2.29. The molecule has 17 heavy (non-hydrogen) atoms. The Morgan fingerprint density at radius 3 is 2.71 bits per heavy atom. The van der Waals surface area contributed by atoms with Crippen LogP contribution in [0.4, 0.5) is 5.69 Å². The number of carbonyl (C=O) groups is 2. The van der Waals surface area contributed by atoms with Crippen LogP contribution in [0.2, 0.25) is 0 Å². The van der Waals surface area contributed by atoms with Gasteiger partial charge in [0.25, 0.3) is 0 Å². The second-order valence-electron chi connectivity index (χ2n) is 3.96. The molecular formula is C12H13NO3S. The van der Waals surface area contributed by atoms with Crippen LogP contribution in [0.1, 0.15) is 11.1 Å². The van der Waals surface area contributed by atoms with Crippen molar-refractivity contribution in [2.24, 2.45) is 0 Å². The van der Waals surface area contributed by atoms with E-state index in [1.807, 2.05) is 26.0 Å². The highest BCUT2D eigenvalue weighted by Crippen LogP contribution is 2.38. The van der Waals surface area contributed by atoms with Gasteiger partial charge in [0.1, 0.15) is 0 Å². The average molecular weight is 251 g/mol. The first-order valence-electron chi connectivity index (χ1n) is 5.30. The van der Waals surface area contributed by atoms with Crippen LogP contribution in [0.25, 0.3) is 0 Å². The summed E-state index contributed by atoms with van der Waals surface area (Å²) in [5, 5.41) is 8.82. The predicted octanol–water partition coefficient (Wildman–Crippen LogP) is 1.83. The summed E-state index contributed by atoms with van der Waals surface area (Å²) in [7, 11) is 0. The van der Waals surface area contributed by atoms with Crippen molar-refractivity contribution in [1.82, 2.24) is 0 Å². The smallest absolute Gasteiger partial charge is 0.394 e. The van der Waals surface area contributed by atoms with Gasteiger partial charge in [0.05, 0.1) is 5.69 Å². The number of carboxylic acids is 1. The Bertz CT molecular complexity index is 499. The molecule has 1 aromatic carbocycles. The number of carboxylic acid groups (broad SMARTS) is 1. The zero-order chi connectivity index (χ0) is 12.6. The molecule has 1 amide bonds. The fourth-order valence-corrected chi connectivity index (χ4v) is 2.96. The largest absolute Gasteiger partial charge is 0.474 e. The molecule has 2 rings (SSSR count). The van der Waals surface area contributed by atoms with Crippen LogP contribution in [-0.4, -0.2) is 29.3 Å². The third kappa shape index (κ3) is 2.02. The highest BCUT2D eigenvalue weighted by atomic mass is 32.2. The second-order valence-corrected chi connectivity index (χ2v) is 5.10. The van der Waals surface area contributed by atoms with E-state index in [0.29, 0.717) is 6.54 Å². The highest BCUT2D eigenvalue weighted by molar-refractivity contribution is 7.99. The van der Waals surface area contributed by atoms with Gasteiger partial charge >= 0.3 is 11.9 Å². The number of carbonyl (C=O) groups excluding carboxylic acids is 1. The van der Waals surface area contributed by atoms with Gasteiger partial charge in [-0.3, -0.25) is 4.79 Å². The summed E-state index contributed by atoms with van der Waals surface area (Å²) < 4.78 is 0. The maximum absolute atomic E-state index is 11.6. The Morgan fingerprint density at radius 1 is 1.35 bits per heavy atom. The third-order valence-electron chi connectivity index (χ3n) is 2.94. The van der Waals surface area contributed by atoms with Crippen LogP contribution in [0.3, 0.4) is 0 Å². The summed E-state index contributed by atoms with van der Waals surface area (Å²) in [6, 6.07) is 3.94. The van der Waals surface area contributed by atoms with Crippen molar-refractivity contribution in [3.8, 4) is 0 Å². The summed E-state index contributed by atoms with van der Waals surface area (Å²) in [4.78, 5) is 24.8. The molecular weight excluding hydrogens is 238 g/mol. The van der Waals surface area contributed by atoms with Gasteiger partial charge in [-0.05, 0) is 31.0 Å². The van der Waals surface area contributed by atoms with Crippen molar-refractivity contribution in [2.45, 2.75) is 18.7 Å². The Kier molecular flexibility index (Phi) is 3.11. The van der Waals surface area contributed by atoms with E-state index < -0.39 is 11.9 Å². The van der Waals surface area contributed by atoms with Gasteiger partial charge in [0.2, 0.25) is 0 Å². The fourth-order valence-electron chi connectivity index (χ4n) is 1.91.